The molecule has 1 N–H and O–H groups in total. The zero-order valence-electron chi connectivity index (χ0n) is 17.7. The molecule has 4 nitrogen and oxygen atoms in total. The summed E-state index contributed by atoms with van der Waals surface area (Å²) >= 11 is 0. The molecule has 2 fully saturated rings. The third-order valence-electron chi connectivity index (χ3n) is 6.89. The Morgan fingerprint density at radius 1 is 1.20 bits per heavy atom. The van der Waals surface area contributed by atoms with E-state index in [1.54, 1.807) is 13.0 Å². The molecule has 2 amide bonds. The van der Waals surface area contributed by atoms with Gasteiger partial charge in [0.1, 0.15) is 0 Å². The van der Waals surface area contributed by atoms with Crippen LogP contribution in [0.5, 0.6) is 0 Å². The summed E-state index contributed by atoms with van der Waals surface area (Å²) in [5.41, 5.74) is 0.335. The molecule has 1 atom stereocenters. The molecule has 1 heterocycles. The molecule has 1 unspecified atom stereocenters. The fourth-order valence-electron chi connectivity index (χ4n) is 4.83. The van der Waals surface area contributed by atoms with E-state index in [0.29, 0.717) is 32.5 Å². The summed E-state index contributed by atoms with van der Waals surface area (Å²) in [5.74, 6) is 0.0162. The van der Waals surface area contributed by atoms with Gasteiger partial charge in [0.15, 0.2) is 0 Å². The van der Waals surface area contributed by atoms with E-state index in [-0.39, 0.29) is 29.1 Å². The lowest BCUT2D eigenvalue weighted by Gasteiger charge is -2.53. The van der Waals surface area contributed by atoms with Crippen molar-refractivity contribution in [3.63, 3.8) is 0 Å². The summed E-state index contributed by atoms with van der Waals surface area (Å²) in [4.78, 5) is 26.2. The Kier molecular flexibility index (Phi) is 6.78. The van der Waals surface area contributed by atoms with Gasteiger partial charge in [-0.1, -0.05) is 32.0 Å². The van der Waals surface area contributed by atoms with Crippen LogP contribution in [-0.4, -0.2) is 36.3 Å². The Morgan fingerprint density at radius 3 is 2.43 bits per heavy atom. The van der Waals surface area contributed by atoms with Crippen molar-refractivity contribution >= 4 is 11.8 Å². The summed E-state index contributed by atoms with van der Waals surface area (Å²) in [6.45, 7) is 5.49. The van der Waals surface area contributed by atoms with Crippen molar-refractivity contribution in [2.75, 3.05) is 19.6 Å². The molecule has 1 aliphatic heterocycles. The topological polar surface area (TPSA) is 49.4 Å². The first-order chi connectivity index (χ1) is 14.2. The third kappa shape index (κ3) is 4.98. The monoisotopic (exact) mass is 424 g/mol. The highest BCUT2D eigenvalue weighted by atomic mass is 19.4. The van der Waals surface area contributed by atoms with Crippen LogP contribution in [0, 0.1) is 11.3 Å². The number of hydrogen-bond acceptors (Lipinski definition) is 2. The van der Waals surface area contributed by atoms with Gasteiger partial charge in [-0.05, 0) is 55.1 Å². The summed E-state index contributed by atoms with van der Waals surface area (Å²) < 4.78 is 38.9. The summed E-state index contributed by atoms with van der Waals surface area (Å²) in [6.07, 6.45) is 0.347. The van der Waals surface area contributed by atoms with Gasteiger partial charge in [0.25, 0.3) is 0 Å². The SMILES string of the molecule is CCC(=O)NCC(CC)C(=O)N1CCC2(CC1)CC(c1cccc(C(F)(F)F)c1)C2. The Balaban J connectivity index is 1.52. The summed E-state index contributed by atoms with van der Waals surface area (Å²) in [5, 5.41) is 2.81. The van der Waals surface area contributed by atoms with Crippen molar-refractivity contribution in [1.82, 2.24) is 10.2 Å². The zero-order valence-corrected chi connectivity index (χ0v) is 17.7. The van der Waals surface area contributed by atoms with E-state index in [1.165, 1.54) is 12.1 Å². The predicted octanol–water partition coefficient (Wildman–Crippen LogP) is 4.74. The average molecular weight is 425 g/mol. The maximum atomic E-state index is 13.0. The average Bonchev–Trinajstić information content (AvgIpc) is 2.71. The maximum absolute atomic E-state index is 13.0. The van der Waals surface area contributed by atoms with Crippen LogP contribution >= 0.6 is 0 Å². The van der Waals surface area contributed by atoms with E-state index >= 15 is 0 Å². The molecule has 166 valence electrons. The lowest BCUT2D eigenvalue weighted by atomic mass is 9.56. The summed E-state index contributed by atoms with van der Waals surface area (Å²) in [7, 11) is 0. The highest BCUT2D eigenvalue weighted by molar-refractivity contribution is 5.81. The fraction of sp³-hybridized carbons (Fsp3) is 0.652. The largest absolute Gasteiger partial charge is 0.416 e. The standard InChI is InChI=1S/C23H31F3N2O2/c1-3-16(15-27-20(29)4-2)21(30)28-10-8-22(9-11-28)13-18(14-22)17-6-5-7-19(12-17)23(24,25)26/h5-7,12,16,18H,3-4,8-11,13-15H2,1-2H3,(H,27,29). The van der Waals surface area contributed by atoms with Gasteiger partial charge in [0.05, 0.1) is 11.5 Å². The number of hydrogen-bond donors (Lipinski definition) is 1. The van der Waals surface area contributed by atoms with Crippen molar-refractivity contribution in [1.29, 1.82) is 0 Å². The molecule has 1 spiro atoms. The van der Waals surface area contributed by atoms with Crippen LogP contribution in [0.2, 0.25) is 0 Å². The lowest BCUT2D eigenvalue weighted by Crippen LogP contribution is -2.50. The van der Waals surface area contributed by atoms with E-state index in [0.717, 1.165) is 37.3 Å². The number of piperidine rings is 1. The minimum atomic E-state index is -4.31. The van der Waals surface area contributed by atoms with E-state index < -0.39 is 11.7 Å². The third-order valence-corrected chi connectivity index (χ3v) is 6.89. The molecule has 1 aliphatic carbocycles. The molecule has 0 radical (unpaired) electrons. The van der Waals surface area contributed by atoms with Gasteiger partial charge in [-0.2, -0.15) is 13.2 Å². The fourth-order valence-corrected chi connectivity index (χ4v) is 4.83. The van der Waals surface area contributed by atoms with Gasteiger partial charge in [-0.3, -0.25) is 9.59 Å². The molecule has 1 aromatic rings. The Bertz CT molecular complexity index is 762. The van der Waals surface area contributed by atoms with Crippen molar-refractivity contribution in [3.8, 4) is 0 Å². The number of nitrogens with zero attached hydrogens (tertiary/aromatic N) is 1. The van der Waals surface area contributed by atoms with E-state index in [4.69, 9.17) is 0 Å². The number of carbonyl (C=O) groups is 2. The molecule has 7 heteroatoms. The minimum Gasteiger partial charge on any atom is -0.355 e. The van der Waals surface area contributed by atoms with Crippen LogP contribution in [0.15, 0.2) is 24.3 Å². The van der Waals surface area contributed by atoms with Gasteiger partial charge >= 0.3 is 6.18 Å². The number of benzene rings is 1. The van der Waals surface area contributed by atoms with Gasteiger partial charge in [-0.25, -0.2) is 0 Å². The molecule has 1 saturated carbocycles. The van der Waals surface area contributed by atoms with Gasteiger partial charge in [0.2, 0.25) is 11.8 Å². The Labute approximate surface area is 176 Å². The molecular weight excluding hydrogens is 393 g/mol. The molecular formula is C23H31F3N2O2. The van der Waals surface area contributed by atoms with Crippen LogP contribution in [0.1, 0.15) is 69.4 Å². The molecule has 1 aromatic carbocycles. The quantitative estimate of drug-likeness (QED) is 0.717. The molecule has 2 aliphatic rings. The number of nitrogens with one attached hydrogen (secondary N) is 1. The number of likely N-dealkylation sites (tertiary alicyclic amines) is 1. The van der Waals surface area contributed by atoms with Crippen LogP contribution in [0.25, 0.3) is 0 Å². The van der Waals surface area contributed by atoms with Crippen LogP contribution in [0.4, 0.5) is 13.2 Å². The second-order valence-corrected chi connectivity index (χ2v) is 8.82. The van der Waals surface area contributed by atoms with Crippen molar-refractivity contribution in [3.05, 3.63) is 35.4 Å². The molecule has 3 rings (SSSR count). The Hall–Kier alpha value is -2.05. The predicted molar refractivity (Wildman–Crippen MR) is 109 cm³/mol. The normalized spacial score (nSPS) is 20.0. The van der Waals surface area contributed by atoms with Crippen LogP contribution < -0.4 is 5.32 Å². The number of rotatable bonds is 6. The maximum Gasteiger partial charge on any atom is 0.416 e. The second-order valence-electron chi connectivity index (χ2n) is 8.82. The highest BCUT2D eigenvalue weighted by Crippen LogP contribution is 2.57. The van der Waals surface area contributed by atoms with Gasteiger partial charge in [-0.15, -0.1) is 0 Å². The smallest absolute Gasteiger partial charge is 0.355 e. The van der Waals surface area contributed by atoms with Crippen LogP contribution in [0.3, 0.4) is 0 Å². The summed E-state index contributed by atoms with van der Waals surface area (Å²) in [6, 6.07) is 5.69. The molecule has 0 bridgehead atoms. The van der Waals surface area contributed by atoms with E-state index in [2.05, 4.69) is 5.32 Å². The minimum absolute atomic E-state index is 0.0473. The zero-order chi connectivity index (χ0) is 21.9. The first-order valence-corrected chi connectivity index (χ1v) is 10.9. The number of carbonyl (C=O) groups excluding carboxylic acids is 2. The lowest BCUT2D eigenvalue weighted by molar-refractivity contribution is -0.139. The van der Waals surface area contributed by atoms with Crippen LogP contribution in [-0.2, 0) is 15.8 Å². The Morgan fingerprint density at radius 2 is 1.87 bits per heavy atom. The highest BCUT2D eigenvalue weighted by Gasteiger charge is 2.47. The van der Waals surface area contributed by atoms with Gasteiger partial charge in [0, 0.05) is 26.1 Å². The first-order valence-electron chi connectivity index (χ1n) is 10.9. The van der Waals surface area contributed by atoms with Crippen molar-refractivity contribution in [2.45, 2.75) is 64.5 Å². The van der Waals surface area contributed by atoms with E-state index in [9.17, 15) is 22.8 Å². The molecule has 1 saturated heterocycles. The first kappa shape index (κ1) is 22.6. The van der Waals surface area contributed by atoms with E-state index in [1.807, 2.05) is 11.8 Å². The number of amides is 2. The number of alkyl halides is 3. The molecule has 0 aromatic heterocycles. The number of halogens is 3. The van der Waals surface area contributed by atoms with Gasteiger partial charge < -0.3 is 10.2 Å². The van der Waals surface area contributed by atoms with Crippen molar-refractivity contribution in [2.24, 2.45) is 11.3 Å². The van der Waals surface area contributed by atoms with Crippen molar-refractivity contribution < 1.29 is 22.8 Å². The second kappa shape index (κ2) is 8.98. The molecule has 30 heavy (non-hydrogen) atoms.